The molecule has 7 heteroatoms. The largest absolute Gasteiger partial charge is 0.476 e. The Morgan fingerprint density at radius 3 is 2.80 bits per heavy atom. The molecule has 0 aliphatic heterocycles. The summed E-state index contributed by atoms with van der Waals surface area (Å²) in [6, 6.07) is 2.95. The molecule has 0 bridgehead atoms. The summed E-state index contributed by atoms with van der Waals surface area (Å²) in [4.78, 5) is 11.2. The zero-order valence-corrected chi connectivity index (χ0v) is 12.6. The van der Waals surface area contributed by atoms with Crippen molar-refractivity contribution in [2.24, 2.45) is 0 Å². The van der Waals surface area contributed by atoms with Crippen molar-refractivity contribution in [1.82, 2.24) is 15.0 Å². The van der Waals surface area contributed by atoms with Crippen molar-refractivity contribution < 1.29 is 14.3 Å². The Kier molecular flexibility index (Phi) is 4.17. The molecule has 1 heterocycles. The second-order valence-electron chi connectivity index (χ2n) is 4.40. The number of aromatic nitrogens is 3. The van der Waals surface area contributed by atoms with Crippen LogP contribution in [0.2, 0.25) is 0 Å². The van der Waals surface area contributed by atoms with Gasteiger partial charge in [0.15, 0.2) is 5.69 Å². The van der Waals surface area contributed by atoms with E-state index in [1.54, 1.807) is 13.0 Å². The van der Waals surface area contributed by atoms with E-state index < -0.39 is 5.97 Å². The van der Waals surface area contributed by atoms with Crippen LogP contribution in [-0.2, 0) is 6.42 Å². The third kappa shape index (κ3) is 2.58. The van der Waals surface area contributed by atoms with Crippen LogP contribution in [0.3, 0.4) is 0 Å². The lowest BCUT2D eigenvalue weighted by Crippen LogP contribution is -2.08. The van der Waals surface area contributed by atoms with Crippen LogP contribution in [0.15, 0.2) is 16.6 Å². The van der Waals surface area contributed by atoms with E-state index in [1.807, 2.05) is 6.92 Å². The molecule has 0 atom stereocenters. The van der Waals surface area contributed by atoms with Gasteiger partial charge in [0.2, 0.25) is 0 Å². The minimum atomic E-state index is -1.11. The average molecular weight is 342 g/mol. The lowest BCUT2D eigenvalue weighted by atomic mass is 10.1. The predicted octanol–water partition coefficient (Wildman–Crippen LogP) is 3.13. The third-order valence-corrected chi connectivity index (χ3v) is 3.53. The van der Waals surface area contributed by atoms with E-state index in [9.17, 15) is 9.18 Å². The summed E-state index contributed by atoms with van der Waals surface area (Å²) in [5.74, 6) is -1.49. The topological polar surface area (TPSA) is 68.0 Å². The standard InChI is InChI=1S/C13H13BrFN3O2/c1-3-4-10-12(13(19)20)16-17-18(10)11-6-8(14)9(15)5-7(11)2/h5-6H,3-4H2,1-2H3,(H,19,20). The minimum Gasteiger partial charge on any atom is -0.476 e. The average Bonchev–Trinajstić information content (AvgIpc) is 2.78. The molecular formula is C13H13BrFN3O2. The number of benzene rings is 1. The van der Waals surface area contributed by atoms with Gasteiger partial charge in [-0.3, -0.25) is 0 Å². The third-order valence-electron chi connectivity index (χ3n) is 2.92. The molecule has 1 aromatic carbocycles. The number of halogens is 2. The fraction of sp³-hybridized carbons (Fsp3) is 0.308. The Labute approximate surface area is 123 Å². The van der Waals surface area contributed by atoms with Crippen molar-refractivity contribution in [1.29, 1.82) is 0 Å². The first-order chi connectivity index (χ1) is 9.45. The summed E-state index contributed by atoms with van der Waals surface area (Å²) in [6.07, 6.45) is 1.29. The van der Waals surface area contributed by atoms with E-state index in [4.69, 9.17) is 5.11 Å². The zero-order valence-electron chi connectivity index (χ0n) is 11.0. The van der Waals surface area contributed by atoms with Gasteiger partial charge in [0.05, 0.1) is 15.9 Å². The van der Waals surface area contributed by atoms with Gasteiger partial charge >= 0.3 is 5.97 Å². The molecule has 2 aromatic rings. The van der Waals surface area contributed by atoms with Crippen LogP contribution in [0.1, 0.15) is 35.1 Å². The van der Waals surface area contributed by atoms with Crippen molar-refractivity contribution in [2.75, 3.05) is 0 Å². The molecule has 0 unspecified atom stereocenters. The highest BCUT2D eigenvalue weighted by atomic mass is 79.9. The molecular weight excluding hydrogens is 329 g/mol. The molecule has 0 aliphatic carbocycles. The molecule has 0 saturated carbocycles. The number of hydrogen-bond donors (Lipinski definition) is 1. The molecule has 5 nitrogen and oxygen atoms in total. The van der Waals surface area contributed by atoms with Crippen LogP contribution >= 0.6 is 15.9 Å². The monoisotopic (exact) mass is 341 g/mol. The van der Waals surface area contributed by atoms with Gasteiger partial charge in [-0.2, -0.15) is 0 Å². The SMILES string of the molecule is CCCc1c(C(=O)O)nnn1-c1cc(Br)c(F)cc1C. The Balaban J connectivity index is 2.63. The summed E-state index contributed by atoms with van der Waals surface area (Å²) < 4.78 is 15.2. The van der Waals surface area contributed by atoms with Gasteiger partial charge in [-0.05, 0) is 47.0 Å². The second kappa shape index (κ2) is 5.70. The number of aryl methyl sites for hydroxylation is 1. The fourth-order valence-corrected chi connectivity index (χ4v) is 2.32. The Bertz CT molecular complexity index is 670. The summed E-state index contributed by atoms with van der Waals surface area (Å²) >= 11 is 3.12. The minimum absolute atomic E-state index is 0.0632. The van der Waals surface area contributed by atoms with Gasteiger partial charge in [-0.1, -0.05) is 18.6 Å². The van der Waals surface area contributed by atoms with Crippen molar-refractivity contribution in [3.05, 3.63) is 39.4 Å². The van der Waals surface area contributed by atoms with Gasteiger partial charge in [0.1, 0.15) is 5.82 Å². The molecule has 1 N–H and O–H groups in total. The highest BCUT2D eigenvalue weighted by Gasteiger charge is 2.20. The number of carboxylic acids is 1. The Hall–Kier alpha value is -1.76. The first-order valence-corrected chi connectivity index (χ1v) is 6.88. The lowest BCUT2D eigenvalue weighted by Gasteiger charge is -2.10. The van der Waals surface area contributed by atoms with E-state index in [2.05, 4.69) is 26.2 Å². The fourth-order valence-electron chi connectivity index (χ4n) is 1.99. The molecule has 0 radical (unpaired) electrons. The molecule has 0 spiro atoms. The molecule has 20 heavy (non-hydrogen) atoms. The Morgan fingerprint density at radius 2 is 2.20 bits per heavy atom. The number of nitrogens with zero attached hydrogens (tertiary/aromatic N) is 3. The molecule has 1 aromatic heterocycles. The first-order valence-electron chi connectivity index (χ1n) is 6.09. The highest BCUT2D eigenvalue weighted by molar-refractivity contribution is 9.10. The van der Waals surface area contributed by atoms with Crippen molar-refractivity contribution in [3.8, 4) is 5.69 Å². The summed E-state index contributed by atoms with van der Waals surface area (Å²) in [6.45, 7) is 3.68. The van der Waals surface area contributed by atoms with Crippen LogP contribution in [0, 0.1) is 12.7 Å². The van der Waals surface area contributed by atoms with Crippen LogP contribution in [-0.4, -0.2) is 26.1 Å². The molecule has 106 valence electrons. The second-order valence-corrected chi connectivity index (χ2v) is 5.26. The van der Waals surface area contributed by atoms with Gasteiger partial charge in [0, 0.05) is 0 Å². The van der Waals surface area contributed by atoms with Gasteiger partial charge in [-0.15, -0.1) is 5.10 Å². The zero-order chi connectivity index (χ0) is 14.9. The summed E-state index contributed by atoms with van der Waals surface area (Å²) in [7, 11) is 0. The predicted molar refractivity (Wildman–Crippen MR) is 74.7 cm³/mol. The smallest absolute Gasteiger partial charge is 0.358 e. The van der Waals surface area contributed by atoms with Crippen molar-refractivity contribution in [2.45, 2.75) is 26.7 Å². The Morgan fingerprint density at radius 1 is 1.50 bits per heavy atom. The number of carbonyl (C=O) groups is 1. The van der Waals surface area contributed by atoms with E-state index >= 15 is 0 Å². The molecule has 0 amide bonds. The van der Waals surface area contributed by atoms with E-state index in [0.29, 0.717) is 27.8 Å². The van der Waals surface area contributed by atoms with E-state index in [1.165, 1.54) is 10.7 Å². The van der Waals surface area contributed by atoms with Crippen molar-refractivity contribution >= 4 is 21.9 Å². The summed E-state index contributed by atoms with van der Waals surface area (Å²) in [5, 5.41) is 16.7. The number of hydrogen-bond acceptors (Lipinski definition) is 3. The maximum atomic E-state index is 13.5. The van der Waals surface area contributed by atoms with Gasteiger partial charge < -0.3 is 5.11 Å². The van der Waals surface area contributed by atoms with Crippen LogP contribution in [0.5, 0.6) is 0 Å². The normalized spacial score (nSPS) is 10.8. The number of rotatable bonds is 4. The van der Waals surface area contributed by atoms with Crippen LogP contribution in [0.4, 0.5) is 4.39 Å². The van der Waals surface area contributed by atoms with Crippen LogP contribution < -0.4 is 0 Å². The maximum Gasteiger partial charge on any atom is 0.358 e. The van der Waals surface area contributed by atoms with E-state index in [-0.39, 0.29) is 11.5 Å². The number of aromatic carboxylic acids is 1. The summed E-state index contributed by atoms with van der Waals surface area (Å²) in [5.41, 5.74) is 1.72. The molecule has 0 aliphatic rings. The molecule has 2 rings (SSSR count). The molecule has 0 saturated heterocycles. The van der Waals surface area contributed by atoms with Crippen LogP contribution in [0.25, 0.3) is 5.69 Å². The maximum absolute atomic E-state index is 13.5. The van der Waals surface area contributed by atoms with Gasteiger partial charge in [-0.25, -0.2) is 13.9 Å². The highest BCUT2D eigenvalue weighted by Crippen LogP contribution is 2.25. The quantitative estimate of drug-likeness (QED) is 0.927. The van der Waals surface area contributed by atoms with Gasteiger partial charge in [0.25, 0.3) is 0 Å². The first kappa shape index (κ1) is 14.6. The number of carboxylic acid groups (broad SMARTS) is 1. The lowest BCUT2D eigenvalue weighted by molar-refractivity contribution is 0.0689. The molecule has 0 fully saturated rings. The van der Waals surface area contributed by atoms with Crippen molar-refractivity contribution in [3.63, 3.8) is 0 Å². The van der Waals surface area contributed by atoms with E-state index in [0.717, 1.165) is 6.42 Å².